The molecular weight excluding hydrogens is 336 g/mol. The first-order chi connectivity index (χ1) is 13.2. The van der Waals surface area contributed by atoms with Gasteiger partial charge in [0, 0.05) is 0 Å². The molecule has 0 aromatic heterocycles. The van der Waals surface area contributed by atoms with Crippen molar-refractivity contribution in [1.29, 1.82) is 0 Å². The molecule has 0 N–H and O–H groups in total. The van der Waals surface area contributed by atoms with Crippen molar-refractivity contribution in [3.8, 4) is 11.5 Å². The van der Waals surface area contributed by atoms with Gasteiger partial charge in [0.25, 0.3) is 0 Å². The Morgan fingerprint density at radius 3 is 2.15 bits per heavy atom. The van der Waals surface area contributed by atoms with Crippen LogP contribution >= 0.6 is 0 Å². The van der Waals surface area contributed by atoms with Crippen LogP contribution in [0.25, 0.3) is 0 Å². The third-order valence-corrected chi connectivity index (χ3v) is 5.70. The zero-order chi connectivity index (χ0) is 19.3. The third kappa shape index (κ3) is 8.36. The van der Waals surface area contributed by atoms with E-state index < -0.39 is 0 Å². The van der Waals surface area contributed by atoms with Gasteiger partial charge in [-0.3, -0.25) is 4.79 Å². The maximum absolute atomic E-state index is 12.4. The standard InChI is InChI=1S/C24H38O3/c1-3-5-7-9-19-26-22-15-17-23(18-16-22)27-24(25)21-13-11-20(12-14-21)10-8-6-4-2/h15-18,20-21H,3-14,19H2,1-2H3/t20-,21-. The van der Waals surface area contributed by atoms with Crippen LogP contribution in [-0.2, 0) is 4.79 Å². The number of esters is 1. The molecule has 2 rings (SSSR count). The predicted molar refractivity (Wildman–Crippen MR) is 111 cm³/mol. The lowest BCUT2D eigenvalue weighted by molar-refractivity contribution is -0.140. The van der Waals surface area contributed by atoms with E-state index in [9.17, 15) is 4.79 Å². The van der Waals surface area contributed by atoms with E-state index >= 15 is 0 Å². The molecule has 0 bridgehead atoms. The lowest BCUT2D eigenvalue weighted by Crippen LogP contribution is -2.25. The van der Waals surface area contributed by atoms with E-state index in [1.165, 1.54) is 57.8 Å². The van der Waals surface area contributed by atoms with Gasteiger partial charge >= 0.3 is 5.97 Å². The van der Waals surface area contributed by atoms with Gasteiger partial charge in [-0.15, -0.1) is 0 Å². The Kier molecular flexibility index (Phi) is 10.3. The second-order valence-corrected chi connectivity index (χ2v) is 8.02. The molecule has 3 heteroatoms. The Morgan fingerprint density at radius 1 is 0.852 bits per heavy atom. The van der Waals surface area contributed by atoms with Crippen LogP contribution in [0, 0.1) is 11.8 Å². The Hall–Kier alpha value is -1.51. The summed E-state index contributed by atoms with van der Waals surface area (Å²) in [6, 6.07) is 7.48. The molecular formula is C24H38O3. The topological polar surface area (TPSA) is 35.5 Å². The molecule has 0 spiro atoms. The molecule has 152 valence electrons. The molecule has 0 atom stereocenters. The molecule has 1 aromatic rings. The number of rotatable bonds is 12. The number of ether oxygens (including phenoxy) is 2. The van der Waals surface area contributed by atoms with E-state index in [4.69, 9.17) is 9.47 Å². The summed E-state index contributed by atoms with van der Waals surface area (Å²) in [5.74, 6) is 2.30. The van der Waals surface area contributed by atoms with E-state index in [2.05, 4.69) is 13.8 Å². The number of carbonyl (C=O) groups is 1. The monoisotopic (exact) mass is 374 g/mol. The van der Waals surface area contributed by atoms with Crippen LogP contribution < -0.4 is 9.47 Å². The summed E-state index contributed by atoms with van der Waals surface area (Å²) in [5, 5.41) is 0. The molecule has 0 saturated heterocycles. The molecule has 1 saturated carbocycles. The van der Waals surface area contributed by atoms with E-state index in [1.807, 2.05) is 24.3 Å². The second-order valence-electron chi connectivity index (χ2n) is 8.02. The largest absolute Gasteiger partial charge is 0.494 e. The fourth-order valence-electron chi connectivity index (χ4n) is 3.89. The van der Waals surface area contributed by atoms with E-state index in [-0.39, 0.29) is 11.9 Å². The first kappa shape index (κ1) is 21.8. The molecule has 0 amide bonds. The van der Waals surface area contributed by atoms with Gasteiger partial charge in [0.1, 0.15) is 11.5 Å². The fraction of sp³-hybridized carbons (Fsp3) is 0.708. The van der Waals surface area contributed by atoms with Gasteiger partial charge in [-0.1, -0.05) is 58.8 Å². The average molecular weight is 375 g/mol. The summed E-state index contributed by atoms with van der Waals surface area (Å²) in [4.78, 5) is 12.4. The molecule has 27 heavy (non-hydrogen) atoms. The minimum atomic E-state index is -0.0600. The molecule has 1 aliphatic carbocycles. The van der Waals surface area contributed by atoms with Crippen molar-refractivity contribution < 1.29 is 14.3 Å². The predicted octanol–water partition coefficient (Wildman–Crippen LogP) is 6.94. The lowest BCUT2D eigenvalue weighted by Gasteiger charge is -2.27. The summed E-state index contributed by atoms with van der Waals surface area (Å²) >= 11 is 0. The number of hydrogen-bond acceptors (Lipinski definition) is 3. The van der Waals surface area contributed by atoms with Gasteiger partial charge < -0.3 is 9.47 Å². The second kappa shape index (κ2) is 12.8. The molecule has 0 unspecified atom stereocenters. The zero-order valence-corrected chi connectivity index (χ0v) is 17.4. The van der Waals surface area contributed by atoms with E-state index in [1.54, 1.807) is 0 Å². The van der Waals surface area contributed by atoms with Crippen molar-refractivity contribution in [2.24, 2.45) is 11.8 Å². The van der Waals surface area contributed by atoms with E-state index in [0.29, 0.717) is 5.75 Å². The zero-order valence-electron chi connectivity index (χ0n) is 17.4. The molecule has 0 radical (unpaired) electrons. The van der Waals surface area contributed by atoms with Crippen LogP contribution in [0.5, 0.6) is 11.5 Å². The van der Waals surface area contributed by atoms with Gasteiger partial charge in [0.15, 0.2) is 0 Å². The highest BCUT2D eigenvalue weighted by molar-refractivity contribution is 5.75. The Morgan fingerprint density at radius 2 is 1.48 bits per heavy atom. The molecule has 1 aliphatic rings. The highest BCUT2D eigenvalue weighted by Gasteiger charge is 2.27. The number of unbranched alkanes of at least 4 members (excludes halogenated alkanes) is 5. The van der Waals surface area contributed by atoms with Gasteiger partial charge in [-0.2, -0.15) is 0 Å². The van der Waals surface area contributed by atoms with Crippen molar-refractivity contribution in [3.05, 3.63) is 24.3 Å². The Labute approximate surface area is 165 Å². The average Bonchev–Trinajstić information content (AvgIpc) is 2.70. The fourth-order valence-corrected chi connectivity index (χ4v) is 3.89. The van der Waals surface area contributed by atoms with Crippen LogP contribution in [0.3, 0.4) is 0 Å². The van der Waals surface area contributed by atoms with Crippen molar-refractivity contribution in [3.63, 3.8) is 0 Å². The van der Waals surface area contributed by atoms with Crippen molar-refractivity contribution in [2.75, 3.05) is 6.61 Å². The summed E-state index contributed by atoms with van der Waals surface area (Å²) in [5.41, 5.74) is 0. The number of hydrogen-bond donors (Lipinski definition) is 0. The quantitative estimate of drug-likeness (QED) is 0.226. The molecule has 1 aromatic carbocycles. The minimum Gasteiger partial charge on any atom is -0.494 e. The molecule has 0 heterocycles. The van der Waals surface area contributed by atoms with Gasteiger partial charge in [-0.25, -0.2) is 0 Å². The summed E-state index contributed by atoms with van der Waals surface area (Å²) in [7, 11) is 0. The maximum Gasteiger partial charge on any atom is 0.314 e. The summed E-state index contributed by atoms with van der Waals surface area (Å²) < 4.78 is 11.3. The van der Waals surface area contributed by atoms with Crippen molar-refractivity contribution >= 4 is 5.97 Å². The highest BCUT2D eigenvalue weighted by Crippen LogP contribution is 2.33. The molecule has 3 nitrogen and oxygen atoms in total. The Balaban J connectivity index is 1.67. The molecule has 1 fully saturated rings. The summed E-state index contributed by atoms with van der Waals surface area (Å²) in [6.45, 7) is 5.21. The van der Waals surface area contributed by atoms with Gasteiger partial charge in [-0.05, 0) is 62.3 Å². The first-order valence-electron chi connectivity index (χ1n) is 11.2. The highest BCUT2D eigenvalue weighted by atomic mass is 16.5. The first-order valence-corrected chi connectivity index (χ1v) is 11.2. The Bertz CT molecular complexity index is 515. The lowest BCUT2D eigenvalue weighted by atomic mass is 9.80. The van der Waals surface area contributed by atoms with Gasteiger partial charge in [0.2, 0.25) is 0 Å². The molecule has 0 aliphatic heterocycles. The van der Waals surface area contributed by atoms with Crippen LogP contribution in [0.4, 0.5) is 0 Å². The number of carbonyl (C=O) groups excluding carboxylic acids is 1. The normalized spacial score (nSPS) is 19.6. The van der Waals surface area contributed by atoms with Crippen LogP contribution in [0.2, 0.25) is 0 Å². The SMILES string of the molecule is CCCCCCOc1ccc(OC(=O)[C@H]2CC[C@H](CCCCC)CC2)cc1. The smallest absolute Gasteiger partial charge is 0.314 e. The summed E-state index contributed by atoms with van der Waals surface area (Å²) in [6.07, 6.45) is 14.4. The van der Waals surface area contributed by atoms with Crippen LogP contribution in [0.15, 0.2) is 24.3 Å². The minimum absolute atomic E-state index is 0.0600. The third-order valence-electron chi connectivity index (χ3n) is 5.70. The maximum atomic E-state index is 12.4. The van der Waals surface area contributed by atoms with Crippen molar-refractivity contribution in [1.82, 2.24) is 0 Å². The van der Waals surface area contributed by atoms with Gasteiger partial charge in [0.05, 0.1) is 12.5 Å². The number of benzene rings is 1. The van der Waals surface area contributed by atoms with Crippen LogP contribution in [-0.4, -0.2) is 12.6 Å². The van der Waals surface area contributed by atoms with Crippen molar-refractivity contribution in [2.45, 2.75) is 90.9 Å². The van der Waals surface area contributed by atoms with E-state index in [0.717, 1.165) is 37.5 Å². The van der Waals surface area contributed by atoms with Crippen LogP contribution in [0.1, 0.15) is 90.9 Å².